The van der Waals surface area contributed by atoms with Gasteiger partial charge in [-0.15, -0.1) is 0 Å². The Hall–Kier alpha value is -0.540. The number of nitrogen functional groups attached to an aromatic ring is 1. The monoisotopic (exact) mass is 296 g/mol. The summed E-state index contributed by atoms with van der Waals surface area (Å²) in [7, 11) is 0. The van der Waals surface area contributed by atoms with Crippen LogP contribution >= 0.6 is 15.9 Å². The van der Waals surface area contributed by atoms with Gasteiger partial charge in [0.05, 0.1) is 0 Å². The van der Waals surface area contributed by atoms with Crippen LogP contribution < -0.4 is 5.73 Å². The van der Waals surface area contributed by atoms with E-state index in [0.717, 1.165) is 22.6 Å². The van der Waals surface area contributed by atoms with Gasteiger partial charge < -0.3 is 5.73 Å². The zero-order chi connectivity index (χ0) is 12.4. The van der Waals surface area contributed by atoms with E-state index in [1.54, 1.807) is 0 Å². The molecule has 2 atom stereocenters. The molecule has 2 nitrogen and oxygen atoms in total. The number of benzene rings is 1. The first-order valence-corrected chi connectivity index (χ1v) is 7.14. The highest BCUT2D eigenvalue weighted by atomic mass is 79.9. The molecule has 1 aromatic carbocycles. The lowest BCUT2D eigenvalue weighted by Gasteiger charge is -2.36. The van der Waals surface area contributed by atoms with Crippen molar-refractivity contribution in [1.29, 1.82) is 0 Å². The number of hydrogen-bond donors (Lipinski definition) is 1. The van der Waals surface area contributed by atoms with Gasteiger partial charge in [-0.2, -0.15) is 0 Å². The predicted molar refractivity (Wildman–Crippen MR) is 76.8 cm³/mol. The Bertz CT molecular complexity index is 372. The molecule has 2 N–H and O–H groups in total. The molecule has 2 rings (SSSR count). The Morgan fingerprint density at radius 3 is 2.82 bits per heavy atom. The van der Waals surface area contributed by atoms with Crippen LogP contribution in [0.1, 0.15) is 32.3 Å². The average molecular weight is 297 g/mol. The van der Waals surface area contributed by atoms with Crippen molar-refractivity contribution in [2.24, 2.45) is 5.92 Å². The van der Waals surface area contributed by atoms with Gasteiger partial charge in [0, 0.05) is 28.3 Å². The Labute approximate surface area is 112 Å². The van der Waals surface area contributed by atoms with E-state index in [2.05, 4.69) is 40.7 Å². The van der Waals surface area contributed by atoms with Crippen LogP contribution in [-0.2, 0) is 6.54 Å². The molecule has 0 bridgehead atoms. The van der Waals surface area contributed by atoms with Gasteiger partial charge in [0.25, 0.3) is 0 Å². The number of hydrogen-bond acceptors (Lipinski definition) is 2. The van der Waals surface area contributed by atoms with E-state index in [1.807, 2.05) is 12.1 Å². The van der Waals surface area contributed by atoms with Crippen LogP contribution in [0.5, 0.6) is 0 Å². The summed E-state index contributed by atoms with van der Waals surface area (Å²) in [6.45, 7) is 6.81. The van der Waals surface area contributed by atoms with Crippen molar-refractivity contribution in [3.8, 4) is 0 Å². The van der Waals surface area contributed by atoms with E-state index in [1.165, 1.54) is 24.9 Å². The number of anilines is 1. The van der Waals surface area contributed by atoms with E-state index in [0.29, 0.717) is 6.04 Å². The topological polar surface area (TPSA) is 29.3 Å². The van der Waals surface area contributed by atoms with Gasteiger partial charge in [0.1, 0.15) is 0 Å². The van der Waals surface area contributed by atoms with Crippen molar-refractivity contribution >= 4 is 21.6 Å². The minimum Gasteiger partial charge on any atom is -0.398 e. The summed E-state index contributed by atoms with van der Waals surface area (Å²) in [5, 5.41) is 0. The van der Waals surface area contributed by atoms with Crippen molar-refractivity contribution in [1.82, 2.24) is 4.90 Å². The molecular formula is C14H21BrN2. The lowest BCUT2D eigenvalue weighted by molar-refractivity contribution is 0.122. The van der Waals surface area contributed by atoms with Crippen LogP contribution in [0.2, 0.25) is 0 Å². The van der Waals surface area contributed by atoms with Gasteiger partial charge in [-0.3, -0.25) is 4.90 Å². The molecular weight excluding hydrogens is 276 g/mol. The molecule has 0 spiro atoms. The molecule has 0 radical (unpaired) electrons. The molecule has 94 valence electrons. The second kappa shape index (κ2) is 5.40. The van der Waals surface area contributed by atoms with Crippen molar-refractivity contribution in [2.45, 2.75) is 39.3 Å². The number of piperidine rings is 1. The molecule has 0 amide bonds. The SMILES string of the molecule is CC1CCN(Cc2c(N)cccc2Br)C(C)C1. The molecule has 1 saturated heterocycles. The van der Waals surface area contributed by atoms with Crippen LogP contribution in [0.3, 0.4) is 0 Å². The number of likely N-dealkylation sites (tertiary alicyclic amines) is 1. The van der Waals surface area contributed by atoms with Gasteiger partial charge in [-0.25, -0.2) is 0 Å². The minimum atomic E-state index is 0.658. The maximum absolute atomic E-state index is 6.05. The summed E-state index contributed by atoms with van der Waals surface area (Å²) >= 11 is 3.60. The molecule has 0 aromatic heterocycles. The minimum absolute atomic E-state index is 0.658. The normalized spacial score (nSPS) is 26.1. The average Bonchev–Trinajstić information content (AvgIpc) is 2.26. The summed E-state index contributed by atoms with van der Waals surface area (Å²) in [5.41, 5.74) is 8.18. The van der Waals surface area contributed by atoms with Crippen molar-refractivity contribution < 1.29 is 0 Å². The number of halogens is 1. The van der Waals surface area contributed by atoms with Gasteiger partial charge in [0.2, 0.25) is 0 Å². The molecule has 3 heteroatoms. The fourth-order valence-electron chi connectivity index (χ4n) is 2.64. The lowest BCUT2D eigenvalue weighted by Crippen LogP contribution is -2.39. The van der Waals surface area contributed by atoms with Crippen molar-refractivity contribution in [2.75, 3.05) is 12.3 Å². The second-order valence-electron chi connectivity index (χ2n) is 5.26. The smallest absolute Gasteiger partial charge is 0.0371 e. The highest BCUT2D eigenvalue weighted by Gasteiger charge is 2.23. The summed E-state index contributed by atoms with van der Waals surface area (Å²) < 4.78 is 1.13. The number of nitrogens with zero attached hydrogens (tertiary/aromatic N) is 1. The third kappa shape index (κ3) is 3.02. The fourth-order valence-corrected chi connectivity index (χ4v) is 3.14. The third-order valence-corrected chi connectivity index (χ3v) is 4.54. The first-order valence-electron chi connectivity index (χ1n) is 6.35. The van der Waals surface area contributed by atoms with Crippen molar-refractivity contribution in [3.63, 3.8) is 0 Å². The molecule has 1 aliphatic heterocycles. The predicted octanol–water partition coefficient (Wildman–Crippen LogP) is 3.65. The van der Waals surface area contributed by atoms with E-state index < -0.39 is 0 Å². The standard InChI is InChI=1S/C14H21BrN2/c1-10-6-7-17(11(2)8-10)9-12-13(15)4-3-5-14(12)16/h3-5,10-11H,6-9,16H2,1-2H3. The Kier molecular flexibility index (Phi) is 4.10. The molecule has 1 aromatic rings. The summed E-state index contributed by atoms with van der Waals surface area (Å²) in [6, 6.07) is 6.70. The maximum Gasteiger partial charge on any atom is 0.0371 e. The number of rotatable bonds is 2. The maximum atomic E-state index is 6.05. The quantitative estimate of drug-likeness (QED) is 0.844. The molecule has 0 saturated carbocycles. The van der Waals surface area contributed by atoms with Crippen LogP contribution in [0.25, 0.3) is 0 Å². The van der Waals surface area contributed by atoms with E-state index in [4.69, 9.17) is 5.73 Å². The Morgan fingerprint density at radius 2 is 2.18 bits per heavy atom. The van der Waals surface area contributed by atoms with Crippen LogP contribution in [0.15, 0.2) is 22.7 Å². The Morgan fingerprint density at radius 1 is 1.41 bits per heavy atom. The lowest BCUT2D eigenvalue weighted by atomic mass is 9.93. The molecule has 0 aliphatic carbocycles. The van der Waals surface area contributed by atoms with Crippen molar-refractivity contribution in [3.05, 3.63) is 28.2 Å². The third-order valence-electron chi connectivity index (χ3n) is 3.79. The van der Waals surface area contributed by atoms with Gasteiger partial charge in [-0.05, 0) is 44.4 Å². The fraction of sp³-hybridized carbons (Fsp3) is 0.571. The molecule has 1 heterocycles. The van der Waals surface area contributed by atoms with Gasteiger partial charge in [0.15, 0.2) is 0 Å². The first-order chi connectivity index (χ1) is 8.08. The Balaban J connectivity index is 2.10. The number of nitrogens with two attached hydrogens (primary N) is 1. The van der Waals surface area contributed by atoms with Gasteiger partial charge in [-0.1, -0.05) is 28.9 Å². The zero-order valence-corrected chi connectivity index (χ0v) is 12.2. The molecule has 1 aliphatic rings. The second-order valence-corrected chi connectivity index (χ2v) is 6.11. The van der Waals surface area contributed by atoms with Crippen LogP contribution in [0.4, 0.5) is 5.69 Å². The largest absolute Gasteiger partial charge is 0.398 e. The van der Waals surface area contributed by atoms with E-state index >= 15 is 0 Å². The molecule has 1 fully saturated rings. The van der Waals surface area contributed by atoms with Crippen LogP contribution in [-0.4, -0.2) is 17.5 Å². The van der Waals surface area contributed by atoms with E-state index in [-0.39, 0.29) is 0 Å². The first kappa shape index (κ1) is 12.9. The molecule has 17 heavy (non-hydrogen) atoms. The summed E-state index contributed by atoms with van der Waals surface area (Å²) in [6.07, 6.45) is 2.60. The molecule has 2 unspecified atom stereocenters. The van der Waals surface area contributed by atoms with Crippen LogP contribution in [0, 0.1) is 5.92 Å². The zero-order valence-electron chi connectivity index (χ0n) is 10.6. The highest BCUT2D eigenvalue weighted by molar-refractivity contribution is 9.10. The van der Waals surface area contributed by atoms with Gasteiger partial charge >= 0.3 is 0 Å². The summed E-state index contributed by atoms with van der Waals surface area (Å²) in [4.78, 5) is 2.54. The highest BCUT2D eigenvalue weighted by Crippen LogP contribution is 2.28. The van der Waals surface area contributed by atoms with E-state index in [9.17, 15) is 0 Å². The summed E-state index contributed by atoms with van der Waals surface area (Å²) in [5.74, 6) is 0.859.